The Bertz CT molecular complexity index is 101. The normalized spacial score (nSPS) is 13.1. The van der Waals surface area contributed by atoms with E-state index in [1.54, 1.807) is 23.5 Å². The maximum absolute atomic E-state index is 5.12. The number of thiocarbonyl (C=S) groups is 1. The SMILES string of the molecule is [CH2]C(SCC)C(=S)SCC. The van der Waals surface area contributed by atoms with Crippen LogP contribution in [0, 0.1) is 6.92 Å². The van der Waals surface area contributed by atoms with Gasteiger partial charge >= 0.3 is 0 Å². The average Bonchev–Trinajstić information content (AvgIpc) is 1.89. The van der Waals surface area contributed by atoms with Crippen molar-refractivity contribution < 1.29 is 0 Å². The Hall–Kier alpha value is 0.790. The van der Waals surface area contributed by atoms with Gasteiger partial charge in [0.05, 0.1) is 4.20 Å². The van der Waals surface area contributed by atoms with Crippen molar-refractivity contribution in [1.29, 1.82) is 0 Å². The standard InChI is InChI=1S/C7H13S3/c1-4-9-6(3)7(8)10-5-2/h6H,3-5H2,1-2H3. The van der Waals surface area contributed by atoms with Gasteiger partial charge in [0.1, 0.15) is 0 Å². The van der Waals surface area contributed by atoms with E-state index in [-0.39, 0.29) is 0 Å². The quantitative estimate of drug-likeness (QED) is 0.630. The van der Waals surface area contributed by atoms with E-state index in [1.807, 2.05) is 0 Å². The largest absolute Gasteiger partial charge is 0.153 e. The lowest BCUT2D eigenvalue weighted by Crippen LogP contribution is -2.07. The summed E-state index contributed by atoms with van der Waals surface area (Å²) in [5, 5.41) is 0.296. The highest BCUT2D eigenvalue weighted by atomic mass is 32.2. The van der Waals surface area contributed by atoms with E-state index >= 15 is 0 Å². The van der Waals surface area contributed by atoms with Gasteiger partial charge in [-0.25, -0.2) is 0 Å². The molecule has 0 aliphatic rings. The van der Waals surface area contributed by atoms with E-state index in [0.717, 1.165) is 15.7 Å². The van der Waals surface area contributed by atoms with Gasteiger partial charge in [0.15, 0.2) is 0 Å². The smallest absolute Gasteiger partial charge is 0.0608 e. The molecule has 1 unspecified atom stereocenters. The van der Waals surface area contributed by atoms with Crippen LogP contribution in [0.5, 0.6) is 0 Å². The van der Waals surface area contributed by atoms with Crippen molar-refractivity contribution in [3.8, 4) is 0 Å². The number of hydrogen-bond acceptors (Lipinski definition) is 3. The fourth-order valence-corrected chi connectivity index (χ4v) is 2.48. The van der Waals surface area contributed by atoms with E-state index in [4.69, 9.17) is 12.2 Å². The van der Waals surface area contributed by atoms with Crippen molar-refractivity contribution in [3.05, 3.63) is 6.92 Å². The van der Waals surface area contributed by atoms with Crippen LogP contribution in [-0.4, -0.2) is 21.0 Å². The Kier molecular flexibility index (Phi) is 7.01. The maximum Gasteiger partial charge on any atom is 0.0608 e. The molecule has 0 aliphatic carbocycles. The average molecular weight is 193 g/mol. The summed E-state index contributed by atoms with van der Waals surface area (Å²) in [5.41, 5.74) is 0. The second-order valence-corrected chi connectivity index (χ2v) is 5.18. The lowest BCUT2D eigenvalue weighted by atomic mass is 10.6. The summed E-state index contributed by atoms with van der Waals surface area (Å²) in [4.78, 5) is 0. The van der Waals surface area contributed by atoms with Gasteiger partial charge in [-0.1, -0.05) is 26.1 Å². The third-order valence-electron chi connectivity index (χ3n) is 0.917. The monoisotopic (exact) mass is 193 g/mol. The van der Waals surface area contributed by atoms with Crippen molar-refractivity contribution in [2.45, 2.75) is 19.1 Å². The van der Waals surface area contributed by atoms with Crippen LogP contribution in [0.15, 0.2) is 0 Å². The Balaban J connectivity index is 3.49. The van der Waals surface area contributed by atoms with Gasteiger partial charge in [-0.05, 0) is 18.4 Å². The second kappa shape index (κ2) is 6.50. The molecule has 0 aromatic heterocycles. The Morgan fingerprint density at radius 3 is 2.50 bits per heavy atom. The van der Waals surface area contributed by atoms with Crippen LogP contribution in [-0.2, 0) is 0 Å². The molecule has 1 radical (unpaired) electrons. The molecule has 1 atom stereocenters. The molecule has 3 heteroatoms. The van der Waals surface area contributed by atoms with Crippen LogP contribution in [0.25, 0.3) is 0 Å². The van der Waals surface area contributed by atoms with Gasteiger partial charge in [-0.15, -0.1) is 11.8 Å². The minimum absolute atomic E-state index is 0.296. The van der Waals surface area contributed by atoms with Crippen LogP contribution < -0.4 is 0 Å². The van der Waals surface area contributed by atoms with Crippen molar-refractivity contribution in [2.75, 3.05) is 11.5 Å². The van der Waals surface area contributed by atoms with Crippen LogP contribution in [0.2, 0.25) is 0 Å². The van der Waals surface area contributed by atoms with E-state index in [9.17, 15) is 0 Å². The Labute approximate surface area is 77.5 Å². The number of rotatable bonds is 4. The molecule has 0 nitrogen and oxygen atoms in total. The topological polar surface area (TPSA) is 0 Å². The molecule has 0 spiro atoms. The summed E-state index contributed by atoms with van der Waals surface area (Å²) in [6.45, 7) is 8.19. The lowest BCUT2D eigenvalue weighted by molar-refractivity contribution is 1.48. The molecular formula is C7H13S3. The van der Waals surface area contributed by atoms with Gasteiger partial charge in [0.2, 0.25) is 0 Å². The van der Waals surface area contributed by atoms with Crippen LogP contribution in [0.1, 0.15) is 13.8 Å². The molecule has 0 aromatic carbocycles. The van der Waals surface area contributed by atoms with Crippen molar-refractivity contribution >= 4 is 39.9 Å². The van der Waals surface area contributed by atoms with Gasteiger partial charge in [0.25, 0.3) is 0 Å². The fourth-order valence-electron chi connectivity index (χ4n) is 0.504. The van der Waals surface area contributed by atoms with Gasteiger partial charge in [-0.3, -0.25) is 0 Å². The van der Waals surface area contributed by atoms with Crippen LogP contribution in [0.3, 0.4) is 0 Å². The van der Waals surface area contributed by atoms with Crippen molar-refractivity contribution in [1.82, 2.24) is 0 Å². The molecule has 59 valence electrons. The molecule has 0 amide bonds. The predicted octanol–water partition coefficient (Wildman–Crippen LogP) is 3.02. The zero-order valence-corrected chi connectivity index (χ0v) is 8.87. The Morgan fingerprint density at radius 2 is 2.10 bits per heavy atom. The Morgan fingerprint density at radius 1 is 1.50 bits per heavy atom. The summed E-state index contributed by atoms with van der Waals surface area (Å²) in [7, 11) is 0. The summed E-state index contributed by atoms with van der Waals surface area (Å²) < 4.78 is 1.04. The molecule has 0 fully saturated rings. The van der Waals surface area contributed by atoms with E-state index < -0.39 is 0 Å². The minimum atomic E-state index is 0.296. The first-order valence-electron chi connectivity index (χ1n) is 3.33. The van der Waals surface area contributed by atoms with Crippen LogP contribution in [0.4, 0.5) is 0 Å². The molecule has 0 saturated carbocycles. The molecule has 0 heterocycles. The van der Waals surface area contributed by atoms with E-state index in [1.165, 1.54) is 0 Å². The number of thioether (sulfide) groups is 2. The zero-order chi connectivity index (χ0) is 7.98. The van der Waals surface area contributed by atoms with Gasteiger partial charge in [-0.2, -0.15) is 11.8 Å². The first-order chi connectivity index (χ1) is 4.72. The highest BCUT2D eigenvalue weighted by Gasteiger charge is 2.06. The highest BCUT2D eigenvalue weighted by Crippen LogP contribution is 2.18. The molecule has 0 aliphatic heterocycles. The first-order valence-corrected chi connectivity index (χ1v) is 5.78. The molecule has 0 aromatic rings. The number of hydrogen-bond donors (Lipinski definition) is 0. The summed E-state index contributed by atoms with van der Waals surface area (Å²) in [5.74, 6) is 2.16. The molecule has 0 rings (SSSR count). The fraction of sp³-hybridized carbons (Fsp3) is 0.714. The third kappa shape index (κ3) is 4.58. The van der Waals surface area contributed by atoms with Crippen molar-refractivity contribution in [3.63, 3.8) is 0 Å². The van der Waals surface area contributed by atoms with E-state index in [2.05, 4.69) is 20.8 Å². The summed E-state index contributed by atoms with van der Waals surface area (Å²) in [6, 6.07) is 0. The first kappa shape index (κ1) is 10.8. The maximum atomic E-state index is 5.12. The summed E-state index contributed by atoms with van der Waals surface area (Å²) >= 11 is 8.65. The molecule has 0 saturated heterocycles. The highest BCUT2D eigenvalue weighted by molar-refractivity contribution is 8.25. The minimum Gasteiger partial charge on any atom is -0.153 e. The van der Waals surface area contributed by atoms with E-state index in [0.29, 0.717) is 5.25 Å². The third-order valence-corrected chi connectivity index (χ3v) is 3.68. The molecule has 0 N–H and O–H groups in total. The molecule has 10 heavy (non-hydrogen) atoms. The summed E-state index contributed by atoms with van der Waals surface area (Å²) in [6.07, 6.45) is 0. The zero-order valence-electron chi connectivity index (χ0n) is 6.42. The second-order valence-electron chi connectivity index (χ2n) is 1.70. The predicted molar refractivity (Wildman–Crippen MR) is 58.0 cm³/mol. The van der Waals surface area contributed by atoms with Gasteiger partial charge < -0.3 is 0 Å². The van der Waals surface area contributed by atoms with Gasteiger partial charge in [0, 0.05) is 5.25 Å². The molecule has 0 bridgehead atoms. The molecular weight excluding hydrogens is 180 g/mol. The van der Waals surface area contributed by atoms with Crippen LogP contribution >= 0.6 is 35.7 Å². The van der Waals surface area contributed by atoms with Crippen molar-refractivity contribution in [2.24, 2.45) is 0 Å². The lowest BCUT2D eigenvalue weighted by Gasteiger charge is -2.08.